The summed E-state index contributed by atoms with van der Waals surface area (Å²) in [5, 5.41) is 12.6. The minimum absolute atomic E-state index is 0.229. The lowest BCUT2D eigenvalue weighted by Gasteiger charge is -2.13. The smallest absolute Gasteiger partial charge is 0.178 e. The van der Waals surface area contributed by atoms with E-state index in [1.165, 1.54) is 0 Å². The molecule has 0 saturated carbocycles. The highest BCUT2D eigenvalue weighted by atomic mass is 79.9. The normalized spacial score (nSPS) is 12.5. The van der Waals surface area contributed by atoms with E-state index in [1.54, 1.807) is 6.20 Å². The highest BCUT2D eigenvalue weighted by molar-refractivity contribution is 9.10. The van der Waals surface area contributed by atoms with Gasteiger partial charge in [-0.1, -0.05) is 27.2 Å². The molecule has 0 aliphatic carbocycles. The number of pyridine rings is 1. The number of hydrogen-bond acceptors (Lipinski definition) is 6. The van der Waals surface area contributed by atoms with Crippen LogP contribution >= 0.6 is 15.9 Å². The Morgan fingerprint density at radius 3 is 2.89 bits per heavy atom. The number of aromatic nitrogens is 4. The van der Waals surface area contributed by atoms with Gasteiger partial charge in [0.25, 0.3) is 0 Å². The molecule has 0 unspecified atom stereocenters. The summed E-state index contributed by atoms with van der Waals surface area (Å²) in [4.78, 5) is 14.7. The molecule has 2 aromatic heterocycles. The van der Waals surface area contributed by atoms with Crippen molar-refractivity contribution in [2.24, 2.45) is 10.1 Å². The first-order chi connectivity index (χ1) is 13.1. The van der Waals surface area contributed by atoms with E-state index < -0.39 is 0 Å². The lowest BCUT2D eigenvalue weighted by Crippen LogP contribution is -2.11. The van der Waals surface area contributed by atoms with Gasteiger partial charge >= 0.3 is 0 Å². The molecule has 0 N–H and O–H groups in total. The van der Waals surface area contributed by atoms with Crippen molar-refractivity contribution in [1.82, 2.24) is 19.7 Å². The Hall–Kier alpha value is -2.87. The molecule has 0 amide bonds. The largest absolute Gasteiger partial charge is 0.388 e. The van der Waals surface area contributed by atoms with Crippen molar-refractivity contribution in [2.45, 2.75) is 27.0 Å². The Bertz CT molecular complexity index is 1040. The van der Waals surface area contributed by atoms with Gasteiger partial charge in [-0.3, -0.25) is 14.5 Å². The van der Waals surface area contributed by atoms with Crippen molar-refractivity contribution in [3.8, 4) is 5.69 Å². The summed E-state index contributed by atoms with van der Waals surface area (Å²) in [6, 6.07) is 11.9. The number of oxime groups is 1. The summed E-state index contributed by atoms with van der Waals surface area (Å²) < 4.78 is 2.95. The average molecular weight is 425 g/mol. The van der Waals surface area contributed by atoms with Crippen molar-refractivity contribution in [3.63, 3.8) is 0 Å². The van der Waals surface area contributed by atoms with E-state index in [9.17, 15) is 0 Å². The van der Waals surface area contributed by atoms with E-state index in [1.807, 2.05) is 54.8 Å². The summed E-state index contributed by atoms with van der Waals surface area (Å²) in [6.07, 6.45) is 1.77. The zero-order valence-electron chi connectivity index (χ0n) is 14.9. The van der Waals surface area contributed by atoms with Crippen molar-refractivity contribution in [3.05, 3.63) is 70.0 Å². The second kappa shape index (κ2) is 7.40. The van der Waals surface area contributed by atoms with Gasteiger partial charge in [0.2, 0.25) is 0 Å². The second-order valence-corrected chi connectivity index (χ2v) is 7.14. The molecule has 8 heteroatoms. The van der Waals surface area contributed by atoms with Crippen LogP contribution in [0.1, 0.15) is 36.8 Å². The lowest BCUT2D eigenvalue weighted by molar-refractivity contribution is 0.123. The molecular formula is C19H17BrN6O. The molecular weight excluding hydrogens is 408 g/mol. The minimum Gasteiger partial charge on any atom is -0.388 e. The summed E-state index contributed by atoms with van der Waals surface area (Å²) in [6.45, 7) is 4.39. The molecule has 0 radical (unpaired) electrons. The van der Waals surface area contributed by atoms with Crippen LogP contribution in [0.2, 0.25) is 0 Å². The van der Waals surface area contributed by atoms with E-state index in [0.29, 0.717) is 12.4 Å². The third-order valence-corrected chi connectivity index (χ3v) is 4.47. The van der Waals surface area contributed by atoms with Crippen molar-refractivity contribution >= 4 is 27.4 Å². The highest BCUT2D eigenvalue weighted by Gasteiger charge is 2.23. The standard InChI is InChI=1S/C19H17BrN6O/c1-12(2)25-27-11-18-24-23-17-10-22-19(15-5-3-4-8-21-15)14-9-13(20)6-7-16(14)26(17)18/h3-9H,10-11H2,1-2H3. The summed E-state index contributed by atoms with van der Waals surface area (Å²) in [5.41, 5.74) is 4.39. The van der Waals surface area contributed by atoms with Gasteiger partial charge in [-0.2, -0.15) is 0 Å². The van der Waals surface area contributed by atoms with Crippen LogP contribution in [0.3, 0.4) is 0 Å². The van der Waals surface area contributed by atoms with E-state index in [0.717, 1.165) is 38.7 Å². The van der Waals surface area contributed by atoms with Gasteiger partial charge < -0.3 is 4.84 Å². The fraction of sp³-hybridized carbons (Fsp3) is 0.211. The Balaban J connectivity index is 1.83. The molecule has 27 heavy (non-hydrogen) atoms. The molecule has 1 aromatic carbocycles. The van der Waals surface area contributed by atoms with Crippen LogP contribution in [0, 0.1) is 0 Å². The van der Waals surface area contributed by atoms with Gasteiger partial charge in [0, 0.05) is 16.2 Å². The van der Waals surface area contributed by atoms with Crippen LogP contribution in [0.5, 0.6) is 0 Å². The van der Waals surface area contributed by atoms with Crippen LogP contribution in [-0.2, 0) is 18.0 Å². The van der Waals surface area contributed by atoms with Crippen molar-refractivity contribution in [2.75, 3.05) is 0 Å². The second-order valence-electron chi connectivity index (χ2n) is 6.22. The molecule has 136 valence electrons. The van der Waals surface area contributed by atoms with E-state index in [4.69, 9.17) is 9.83 Å². The number of hydrogen-bond donors (Lipinski definition) is 0. The van der Waals surface area contributed by atoms with Crippen LogP contribution in [0.25, 0.3) is 5.69 Å². The SMILES string of the molecule is CC(C)=NOCc1nnc2n1-c1ccc(Br)cc1C(c1ccccn1)=NC2. The predicted octanol–water partition coefficient (Wildman–Crippen LogP) is 3.69. The fourth-order valence-electron chi connectivity index (χ4n) is 2.90. The summed E-state index contributed by atoms with van der Waals surface area (Å²) >= 11 is 3.56. The van der Waals surface area contributed by atoms with E-state index in [-0.39, 0.29) is 6.61 Å². The Morgan fingerprint density at radius 1 is 1.22 bits per heavy atom. The van der Waals surface area contributed by atoms with Gasteiger partial charge in [0.05, 0.1) is 22.8 Å². The topological polar surface area (TPSA) is 77.5 Å². The zero-order valence-corrected chi connectivity index (χ0v) is 16.5. The number of rotatable bonds is 4. The van der Waals surface area contributed by atoms with Crippen molar-refractivity contribution in [1.29, 1.82) is 0 Å². The first kappa shape index (κ1) is 17.5. The number of halogens is 1. The Kier molecular flexibility index (Phi) is 4.81. The van der Waals surface area contributed by atoms with Crippen molar-refractivity contribution < 1.29 is 4.84 Å². The highest BCUT2D eigenvalue weighted by Crippen LogP contribution is 2.28. The maximum absolute atomic E-state index is 5.40. The van der Waals surface area contributed by atoms with Gasteiger partial charge in [-0.05, 0) is 44.2 Å². The van der Waals surface area contributed by atoms with E-state index >= 15 is 0 Å². The van der Waals surface area contributed by atoms with Gasteiger partial charge in [0.15, 0.2) is 18.3 Å². The third-order valence-electron chi connectivity index (χ3n) is 3.98. The van der Waals surface area contributed by atoms with Gasteiger partial charge in [-0.15, -0.1) is 10.2 Å². The fourth-order valence-corrected chi connectivity index (χ4v) is 3.26. The number of aliphatic imine (C=N–C) groups is 1. The molecule has 4 rings (SSSR count). The first-order valence-electron chi connectivity index (χ1n) is 8.46. The molecule has 1 aliphatic rings. The minimum atomic E-state index is 0.229. The number of fused-ring (bicyclic) bond motifs is 3. The molecule has 3 heterocycles. The summed E-state index contributed by atoms with van der Waals surface area (Å²) in [5.74, 6) is 1.43. The van der Waals surface area contributed by atoms with Crippen LogP contribution in [0.15, 0.2) is 57.2 Å². The average Bonchev–Trinajstić information content (AvgIpc) is 2.98. The number of benzene rings is 1. The molecule has 0 spiro atoms. The maximum atomic E-state index is 5.40. The molecule has 0 fully saturated rings. The molecule has 3 aromatic rings. The molecule has 0 saturated heterocycles. The molecule has 0 atom stereocenters. The number of nitrogens with zero attached hydrogens (tertiary/aromatic N) is 6. The molecule has 1 aliphatic heterocycles. The first-order valence-corrected chi connectivity index (χ1v) is 9.25. The lowest BCUT2D eigenvalue weighted by atomic mass is 10.0. The Labute approximate surface area is 165 Å². The van der Waals surface area contributed by atoms with E-state index in [2.05, 4.69) is 36.3 Å². The van der Waals surface area contributed by atoms with Crippen LogP contribution < -0.4 is 0 Å². The van der Waals surface area contributed by atoms with Gasteiger partial charge in [0.1, 0.15) is 6.54 Å². The third kappa shape index (κ3) is 3.52. The summed E-state index contributed by atoms with van der Waals surface area (Å²) in [7, 11) is 0. The maximum Gasteiger partial charge on any atom is 0.178 e. The molecule has 0 bridgehead atoms. The monoisotopic (exact) mass is 424 g/mol. The quantitative estimate of drug-likeness (QED) is 0.472. The molecule has 7 nitrogen and oxygen atoms in total. The van der Waals surface area contributed by atoms with Gasteiger partial charge in [-0.25, -0.2) is 0 Å². The zero-order chi connectivity index (χ0) is 18.8. The Morgan fingerprint density at radius 2 is 2.11 bits per heavy atom. The van der Waals surface area contributed by atoms with Crippen LogP contribution in [0.4, 0.5) is 0 Å². The predicted molar refractivity (Wildman–Crippen MR) is 106 cm³/mol. The van der Waals surface area contributed by atoms with Crippen LogP contribution in [-0.4, -0.2) is 31.2 Å².